The SMILES string of the molecule is O=C1CCCCCN1C(=O)C(Cl)Cl. The zero-order valence-corrected chi connectivity index (χ0v) is 8.64. The van der Waals surface area contributed by atoms with Crippen LogP contribution in [-0.2, 0) is 9.59 Å². The summed E-state index contributed by atoms with van der Waals surface area (Å²) in [4.78, 5) is 22.7. The van der Waals surface area contributed by atoms with Crippen LogP contribution in [0.1, 0.15) is 25.7 Å². The molecule has 1 aliphatic rings. The van der Waals surface area contributed by atoms with E-state index in [1.807, 2.05) is 0 Å². The van der Waals surface area contributed by atoms with Gasteiger partial charge >= 0.3 is 0 Å². The number of halogens is 2. The van der Waals surface area contributed by atoms with Crippen LogP contribution in [0.2, 0.25) is 0 Å². The van der Waals surface area contributed by atoms with E-state index in [4.69, 9.17) is 23.2 Å². The molecule has 1 aliphatic heterocycles. The molecule has 2 amide bonds. The number of carbonyl (C=O) groups is 2. The summed E-state index contributed by atoms with van der Waals surface area (Å²) in [7, 11) is 0. The normalized spacial score (nSPS) is 19.0. The van der Waals surface area contributed by atoms with Crippen LogP contribution in [0, 0.1) is 0 Å². The predicted molar refractivity (Wildman–Crippen MR) is 50.7 cm³/mol. The van der Waals surface area contributed by atoms with Crippen LogP contribution in [0.5, 0.6) is 0 Å². The summed E-state index contributed by atoms with van der Waals surface area (Å²) in [6.45, 7) is 0.452. The summed E-state index contributed by atoms with van der Waals surface area (Å²) >= 11 is 10.8. The van der Waals surface area contributed by atoms with E-state index in [9.17, 15) is 9.59 Å². The first-order chi connectivity index (χ1) is 6.13. The average molecular weight is 224 g/mol. The largest absolute Gasteiger partial charge is 0.280 e. The van der Waals surface area contributed by atoms with Crippen molar-refractivity contribution in [3.05, 3.63) is 0 Å². The fraction of sp³-hybridized carbons (Fsp3) is 0.750. The molecule has 0 unspecified atom stereocenters. The Morgan fingerprint density at radius 2 is 2.00 bits per heavy atom. The standard InChI is InChI=1S/C8H11Cl2NO2/c9-7(10)8(13)11-5-3-1-2-4-6(11)12/h7H,1-5H2. The Labute approximate surface area is 87.0 Å². The van der Waals surface area contributed by atoms with Gasteiger partial charge in [0.25, 0.3) is 5.91 Å². The Balaban J connectivity index is 2.64. The second-order valence-electron chi connectivity index (χ2n) is 2.99. The Morgan fingerprint density at radius 3 is 2.62 bits per heavy atom. The Hall–Kier alpha value is -0.280. The van der Waals surface area contributed by atoms with Gasteiger partial charge in [0.15, 0.2) is 4.84 Å². The van der Waals surface area contributed by atoms with Crippen LogP contribution >= 0.6 is 23.2 Å². The maximum absolute atomic E-state index is 11.3. The highest BCUT2D eigenvalue weighted by molar-refractivity contribution is 6.53. The van der Waals surface area contributed by atoms with Gasteiger partial charge < -0.3 is 0 Å². The summed E-state index contributed by atoms with van der Waals surface area (Å²) in [5.74, 6) is -0.649. The molecule has 0 aliphatic carbocycles. The molecule has 1 saturated heterocycles. The van der Waals surface area contributed by atoms with Crippen LogP contribution < -0.4 is 0 Å². The summed E-state index contributed by atoms with van der Waals surface area (Å²) in [5.41, 5.74) is 0. The van der Waals surface area contributed by atoms with E-state index in [-0.39, 0.29) is 5.91 Å². The predicted octanol–water partition coefficient (Wildman–Crippen LogP) is 1.72. The number of carbonyl (C=O) groups excluding carboxylic acids is 2. The minimum atomic E-state index is -1.12. The van der Waals surface area contributed by atoms with Crippen LogP contribution in [0.15, 0.2) is 0 Å². The molecule has 1 rings (SSSR count). The van der Waals surface area contributed by atoms with Gasteiger partial charge in [-0.1, -0.05) is 29.6 Å². The van der Waals surface area contributed by atoms with Crippen molar-refractivity contribution in [3.63, 3.8) is 0 Å². The molecule has 0 bridgehead atoms. The Bertz CT molecular complexity index is 218. The number of hydrogen-bond acceptors (Lipinski definition) is 2. The quantitative estimate of drug-likeness (QED) is 0.636. The number of imide groups is 1. The summed E-state index contributed by atoms with van der Waals surface area (Å²) in [6, 6.07) is 0. The van der Waals surface area contributed by atoms with Crippen molar-refractivity contribution >= 4 is 35.0 Å². The molecular weight excluding hydrogens is 213 g/mol. The molecule has 74 valence electrons. The highest BCUT2D eigenvalue weighted by Gasteiger charge is 2.26. The minimum absolute atomic E-state index is 0.159. The van der Waals surface area contributed by atoms with Crippen LogP contribution in [0.25, 0.3) is 0 Å². The number of likely N-dealkylation sites (tertiary alicyclic amines) is 1. The molecule has 0 spiro atoms. The molecule has 13 heavy (non-hydrogen) atoms. The molecule has 0 atom stereocenters. The molecule has 0 saturated carbocycles. The number of alkyl halides is 2. The lowest BCUT2D eigenvalue weighted by Crippen LogP contribution is -2.39. The molecule has 0 aromatic heterocycles. The molecule has 1 fully saturated rings. The van der Waals surface area contributed by atoms with Gasteiger partial charge in [-0.05, 0) is 12.8 Å². The summed E-state index contributed by atoms with van der Waals surface area (Å²) in [6.07, 6.45) is 3.09. The topological polar surface area (TPSA) is 37.4 Å². The highest BCUT2D eigenvalue weighted by atomic mass is 35.5. The van der Waals surface area contributed by atoms with Crippen molar-refractivity contribution in [1.29, 1.82) is 0 Å². The third-order valence-electron chi connectivity index (χ3n) is 2.03. The van der Waals surface area contributed by atoms with E-state index in [0.29, 0.717) is 13.0 Å². The van der Waals surface area contributed by atoms with Gasteiger partial charge in [0.2, 0.25) is 5.91 Å². The van der Waals surface area contributed by atoms with Gasteiger partial charge in [-0.2, -0.15) is 0 Å². The fourth-order valence-corrected chi connectivity index (χ4v) is 1.57. The molecule has 0 N–H and O–H groups in total. The van der Waals surface area contributed by atoms with E-state index < -0.39 is 10.7 Å². The van der Waals surface area contributed by atoms with Crippen LogP contribution in [0.3, 0.4) is 0 Å². The lowest BCUT2D eigenvalue weighted by Gasteiger charge is -2.18. The van der Waals surface area contributed by atoms with Gasteiger partial charge in [-0.15, -0.1) is 0 Å². The first kappa shape index (κ1) is 10.8. The molecule has 0 aromatic carbocycles. The lowest BCUT2D eigenvalue weighted by molar-refractivity contribution is -0.143. The van der Waals surface area contributed by atoms with Crippen LogP contribution in [-0.4, -0.2) is 28.1 Å². The van der Waals surface area contributed by atoms with Gasteiger partial charge in [-0.3, -0.25) is 14.5 Å². The third kappa shape index (κ3) is 2.85. The third-order valence-corrected chi connectivity index (χ3v) is 2.40. The Morgan fingerprint density at radius 1 is 1.31 bits per heavy atom. The van der Waals surface area contributed by atoms with Crippen molar-refractivity contribution in [2.24, 2.45) is 0 Å². The number of rotatable bonds is 1. The minimum Gasteiger partial charge on any atom is -0.280 e. The van der Waals surface area contributed by atoms with E-state index in [2.05, 4.69) is 0 Å². The monoisotopic (exact) mass is 223 g/mol. The van der Waals surface area contributed by atoms with Gasteiger partial charge in [0.1, 0.15) is 0 Å². The van der Waals surface area contributed by atoms with Crippen molar-refractivity contribution < 1.29 is 9.59 Å². The molecule has 5 heteroatoms. The summed E-state index contributed by atoms with van der Waals surface area (Å²) < 4.78 is 0. The maximum atomic E-state index is 11.3. The second kappa shape index (κ2) is 4.82. The van der Waals surface area contributed by atoms with Crippen molar-refractivity contribution in [3.8, 4) is 0 Å². The lowest BCUT2D eigenvalue weighted by atomic mass is 10.2. The number of amides is 2. The van der Waals surface area contributed by atoms with Crippen molar-refractivity contribution in [2.45, 2.75) is 30.5 Å². The van der Waals surface area contributed by atoms with Crippen molar-refractivity contribution in [1.82, 2.24) is 4.90 Å². The van der Waals surface area contributed by atoms with Gasteiger partial charge in [-0.25, -0.2) is 0 Å². The maximum Gasteiger partial charge on any atom is 0.262 e. The molecule has 0 radical (unpaired) electrons. The van der Waals surface area contributed by atoms with E-state index >= 15 is 0 Å². The van der Waals surface area contributed by atoms with Gasteiger partial charge in [0.05, 0.1) is 0 Å². The van der Waals surface area contributed by atoms with E-state index in [1.165, 1.54) is 0 Å². The highest BCUT2D eigenvalue weighted by Crippen LogP contribution is 2.15. The fourth-order valence-electron chi connectivity index (χ4n) is 1.33. The number of hydrogen-bond donors (Lipinski definition) is 0. The molecule has 1 heterocycles. The van der Waals surface area contributed by atoms with E-state index in [0.717, 1.165) is 24.2 Å². The molecule has 0 aromatic rings. The van der Waals surface area contributed by atoms with E-state index in [1.54, 1.807) is 0 Å². The average Bonchev–Trinajstić information content (AvgIpc) is 2.28. The number of nitrogens with zero attached hydrogens (tertiary/aromatic N) is 1. The molecular formula is C8H11Cl2NO2. The second-order valence-corrected chi connectivity index (χ2v) is 4.09. The first-order valence-electron chi connectivity index (χ1n) is 4.25. The molecule has 3 nitrogen and oxygen atoms in total. The summed E-state index contributed by atoms with van der Waals surface area (Å²) in [5, 5.41) is 0. The smallest absolute Gasteiger partial charge is 0.262 e. The Kier molecular flexibility index (Phi) is 4.00. The zero-order valence-electron chi connectivity index (χ0n) is 7.13. The zero-order chi connectivity index (χ0) is 9.84. The van der Waals surface area contributed by atoms with Gasteiger partial charge in [0, 0.05) is 13.0 Å². The first-order valence-corrected chi connectivity index (χ1v) is 5.12. The van der Waals surface area contributed by atoms with Crippen LogP contribution in [0.4, 0.5) is 0 Å². The van der Waals surface area contributed by atoms with Crippen molar-refractivity contribution in [2.75, 3.05) is 6.54 Å².